The summed E-state index contributed by atoms with van der Waals surface area (Å²) < 4.78 is 7.11. The van der Waals surface area contributed by atoms with Crippen molar-refractivity contribution in [1.82, 2.24) is 14.5 Å². The molecule has 1 aliphatic heterocycles. The minimum absolute atomic E-state index is 0.165. The second-order valence-corrected chi connectivity index (χ2v) is 5.49. The molecule has 1 saturated heterocycles. The van der Waals surface area contributed by atoms with Crippen LogP contribution in [0.15, 0.2) is 43.0 Å². The van der Waals surface area contributed by atoms with E-state index in [1.165, 1.54) is 4.90 Å². The standard InChI is InChI=1S/C16H18N4O3/c1-23-13-8-14(15(17)21)20(9-13)16(22)11-2-4-12(5-3-11)19-7-6-18-10-19/h2-7,10,13-14H,8-9H2,1H3,(H2,17,21)/t13-,14-/m0/s1. The van der Waals surface area contributed by atoms with Gasteiger partial charge in [0.25, 0.3) is 5.91 Å². The molecule has 120 valence electrons. The van der Waals surface area contributed by atoms with Crippen LogP contribution in [-0.2, 0) is 9.53 Å². The molecule has 0 spiro atoms. The third-order valence-electron chi connectivity index (χ3n) is 4.10. The van der Waals surface area contributed by atoms with Gasteiger partial charge in [-0.3, -0.25) is 9.59 Å². The van der Waals surface area contributed by atoms with Gasteiger partial charge in [0.05, 0.1) is 12.4 Å². The Bertz CT molecular complexity index is 697. The first-order chi connectivity index (χ1) is 11.1. The van der Waals surface area contributed by atoms with E-state index in [-0.39, 0.29) is 12.0 Å². The van der Waals surface area contributed by atoms with Crippen molar-refractivity contribution in [2.75, 3.05) is 13.7 Å². The van der Waals surface area contributed by atoms with E-state index in [1.807, 2.05) is 22.9 Å². The summed E-state index contributed by atoms with van der Waals surface area (Å²) in [5.74, 6) is -0.724. The molecule has 1 aliphatic rings. The molecule has 7 nitrogen and oxygen atoms in total. The molecular weight excluding hydrogens is 296 g/mol. The first kappa shape index (κ1) is 15.2. The van der Waals surface area contributed by atoms with E-state index in [9.17, 15) is 9.59 Å². The minimum Gasteiger partial charge on any atom is -0.380 e. The predicted molar refractivity (Wildman–Crippen MR) is 83.0 cm³/mol. The first-order valence-corrected chi connectivity index (χ1v) is 7.31. The molecule has 2 amide bonds. The molecular formula is C16H18N4O3. The third kappa shape index (κ3) is 2.95. The van der Waals surface area contributed by atoms with Crippen LogP contribution in [0.5, 0.6) is 0 Å². The summed E-state index contributed by atoms with van der Waals surface area (Å²) in [6, 6.07) is 6.50. The van der Waals surface area contributed by atoms with Gasteiger partial charge in [-0.15, -0.1) is 0 Å². The van der Waals surface area contributed by atoms with Crippen molar-refractivity contribution in [1.29, 1.82) is 0 Å². The molecule has 1 aromatic heterocycles. The fourth-order valence-corrected chi connectivity index (χ4v) is 2.82. The number of ether oxygens (including phenoxy) is 1. The maximum atomic E-state index is 12.7. The van der Waals surface area contributed by atoms with E-state index >= 15 is 0 Å². The average Bonchev–Trinajstić information content (AvgIpc) is 3.23. The second-order valence-electron chi connectivity index (χ2n) is 5.49. The van der Waals surface area contributed by atoms with Crippen LogP contribution in [0.3, 0.4) is 0 Å². The monoisotopic (exact) mass is 314 g/mol. The van der Waals surface area contributed by atoms with E-state index in [2.05, 4.69) is 4.98 Å². The molecule has 0 radical (unpaired) electrons. The summed E-state index contributed by atoms with van der Waals surface area (Å²) in [7, 11) is 1.57. The SMILES string of the molecule is CO[C@H]1C[C@@H](C(N)=O)N(C(=O)c2ccc(-n3ccnc3)cc2)C1. The number of primary amides is 1. The van der Waals surface area contributed by atoms with Crippen molar-refractivity contribution in [3.8, 4) is 5.69 Å². The molecule has 2 heterocycles. The Morgan fingerprint density at radius 1 is 1.30 bits per heavy atom. The lowest BCUT2D eigenvalue weighted by Gasteiger charge is -2.22. The molecule has 1 fully saturated rings. The van der Waals surface area contributed by atoms with E-state index in [1.54, 1.807) is 31.8 Å². The molecule has 23 heavy (non-hydrogen) atoms. The van der Waals surface area contributed by atoms with Gasteiger partial charge in [-0.05, 0) is 24.3 Å². The Labute approximate surface area is 133 Å². The second kappa shape index (κ2) is 6.21. The van der Waals surface area contributed by atoms with Gasteiger partial charge in [-0.2, -0.15) is 0 Å². The van der Waals surface area contributed by atoms with Gasteiger partial charge in [0.15, 0.2) is 0 Å². The molecule has 0 saturated carbocycles. The highest BCUT2D eigenvalue weighted by atomic mass is 16.5. The molecule has 3 rings (SSSR count). The van der Waals surface area contributed by atoms with Crippen LogP contribution in [-0.4, -0.2) is 52.1 Å². The molecule has 0 bridgehead atoms. The fourth-order valence-electron chi connectivity index (χ4n) is 2.82. The number of carbonyl (C=O) groups is 2. The number of nitrogens with two attached hydrogens (primary N) is 1. The summed E-state index contributed by atoms with van der Waals surface area (Å²) in [6.07, 6.45) is 5.46. The number of nitrogens with zero attached hydrogens (tertiary/aromatic N) is 3. The number of methoxy groups -OCH3 is 1. The number of carbonyl (C=O) groups excluding carboxylic acids is 2. The van der Waals surface area contributed by atoms with Crippen LogP contribution in [0.25, 0.3) is 5.69 Å². The molecule has 0 unspecified atom stereocenters. The summed E-state index contributed by atoms with van der Waals surface area (Å²) in [4.78, 5) is 29.7. The largest absolute Gasteiger partial charge is 0.380 e. The van der Waals surface area contributed by atoms with Crippen molar-refractivity contribution in [3.05, 3.63) is 48.5 Å². The van der Waals surface area contributed by atoms with Crippen LogP contribution >= 0.6 is 0 Å². The van der Waals surface area contributed by atoms with Gasteiger partial charge >= 0.3 is 0 Å². The lowest BCUT2D eigenvalue weighted by Crippen LogP contribution is -2.43. The maximum Gasteiger partial charge on any atom is 0.254 e. The van der Waals surface area contributed by atoms with Gasteiger partial charge in [0.1, 0.15) is 6.04 Å². The zero-order chi connectivity index (χ0) is 16.4. The zero-order valence-corrected chi connectivity index (χ0v) is 12.8. The van der Waals surface area contributed by atoms with Crippen LogP contribution in [0.2, 0.25) is 0 Å². The van der Waals surface area contributed by atoms with Gasteiger partial charge in [0.2, 0.25) is 5.91 Å². The summed E-state index contributed by atoms with van der Waals surface area (Å²) in [6.45, 7) is 0.367. The lowest BCUT2D eigenvalue weighted by molar-refractivity contribution is -0.121. The maximum absolute atomic E-state index is 12.7. The molecule has 0 aliphatic carbocycles. The topological polar surface area (TPSA) is 90.5 Å². The van der Waals surface area contributed by atoms with Crippen LogP contribution in [0, 0.1) is 0 Å². The van der Waals surface area contributed by atoms with E-state index in [0.29, 0.717) is 18.5 Å². The highest BCUT2D eigenvalue weighted by Gasteiger charge is 2.38. The number of rotatable bonds is 4. The van der Waals surface area contributed by atoms with Gasteiger partial charge < -0.3 is 19.9 Å². The number of hydrogen-bond acceptors (Lipinski definition) is 4. The Hall–Kier alpha value is -2.67. The van der Waals surface area contributed by atoms with Crippen molar-refractivity contribution in [2.45, 2.75) is 18.6 Å². The molecule has 1 aromatic carbocycles. The molecule has 2 aromatic rings. The number of likely N-dealkylation sites (tertiary alicyclic amines) is 1. The Balaban J connectivity index is 1.80. The van der Waals surface area contributed by atoms with Crippen molar-refractivity contribution >= 4 is 11.8 Å². The van der Waals surface area contributed by atoms with Gasteiger partial charge in [-0.1, -0.05) is 0 Å². The van der Waals surface area contributed by atoms with Gasteiger partial charge in [-0.25, -0.2) is 4.98 Å². The molecule has 2 N–H and O–H groups in total. The van der Waals surface area contributed by atoms with Crippen LogP contribution in [0.1, 0.15) is 16.8 Å². The summed E-state index contributed by atoms with van der Waals surface area (Å²) in [5, 5.41) is 0. The van der Waals surface area contributed by atoms with Crippen LogP contribution in [0.4, 0.5) is 0 Å². The predicted octanol–water partition coefficient (Wildman–Crippen LogP) is 0.587. The minimum atomic E-state index is -0.624. The Morgan fingerprint density at radius 2 is 2.04 bits per heavy atom. The number of aromatic nitrogens is 2. The van der Waals surface area contributed by atoms with E-state index in [0.717, 1.165) is 5.69 Å². The zero-order valence-electron chi connectivity index (χ0n) is 12.8. The van der Waals surface area contributed by atoms with Crippen molar-refractivity contribution in [3.63, 3.8) is 0 Å². The number of benzene rings is 1. The van der Waals surface area contributed by atoms with Crippen molar-refractivity contribution in [2.24, 2.45) is 5.73 Å². The molecule has 7 heteroatoms. The van der Waals surface area contributed by atoms with E-state index in [4.69, 9.17) is 10.5 Å². The number of amides is 2. The highest BCUT2D eigenvalue weighted by molar-refractivity contribution is 5.97. The smallest absolute Gasteiger partial charge is 0.254 e. The van der Waals surface area contributed by atoms with Crippen LogP contribution < -0.4 is 5.73 Å². The third-order valence-corrected chi connectivity index (χ3v) is 4.10. The first-order valence-electron chi connectivity index (χ1n) is 7.31. The Kier molecular flexibility index (Phi) is 4.12. The molecule has 2 atom stereocenters. The van der Waals surface area contributed by atoms with Gasteiger partial charge in [0, 0.05) is 43.7 Å². The normalized spacial score (nSPS) is 20.7. The van der Waals surface area contributed by atoms with Crippen molar-refractivity contribution < 1.29 is 14.3 Å². The lowest BCUT2D eigenvalue weighted by atomic mass is 10.1. The number of hydrogen-bond donors (Lipinski definition) is 1. The Morgan fingerprint density at radius 3 is 2.61 bits per heavy atom. The quantitative estimate of drug-likeness (QED) is 0.894. The highest BCUT2D eigenvalue weighted by Crippen LogP contribution is 2.22. The summed E-state index contributed by atoms with van der Waals surface area (Å²) in [5.41, 5.74) is 6.83. The fraction of sp³-hybridized carbons (Fsp3) is 0.312. The number of imidazole rings is 1. The summed E-state index contributed by atoms with van der Waals surface area (Å²) >= 11 is 0. The van der Waals surface area contributed by atoms with E-state index < -0.39 is 11.9 Å². The average molecular weight is 314 g/mol.